The molecule has 1 aliphatic rings. The molecule has 1 aliphatic carbocycles. The highest BCUT2D eigenvalue weighted by Gasteiger charge is 2.37. The van der Waals surface area contributed by atoms with E-state index < -0.39 is 11.7 Å². The van der Waals surface area contributed by atoms with Crippen LogP contribution < -0.4 is 5.32 Å². The summed E-state index contributed by atoms with van der Waals surface area (Å²) in [6.07, 6.45) is 0.120. The number of nitrogens with one attached hydrogen (secondary N) is 1. The summed E-state index contributed by atoms with van der Waals surface area (Å²) in [5.41, 5.74) is 0.718. The van der Waals surface area contributed by atoms with Gasteiger partial charge in [0.15, 0.2) is 0 Å². The summed E-state index contributed by atoms with van der Waals surface area (Å²) < 4.78 is 37.7. The van der Waals surface area contributed by atoms with Crippen LogP contribution in [0.4, 0.5) is 13.2 Å². The molecule has 2 rings (SSSR count). The van der Waals surface area contributed by atoms with E-state index in [1.54, 1.807) is 12.1 Å². The first-order valence-electron chi connectivity index (χ1n) is 7.51. The molecule has 1 fully saturated rings. The average molecular weight is 299 g/mol. The Morgan fingerprint density at radius 1 is 1.05 bits per heavy atom. The lowest BCUT2D eigenvalue weighted by Crippen LogP contribution is -2.47. The van der Waals surface area contributed by atoms with E-state index in [0.717, 1.165) is 31.4 Å². The van der Waals surface area contributed by atoms with Crippen LogP contribution in [0.5, 0.6) is 0 Å². The number of rotatable bonds is 4. The van der Waals surface area contributed by atoms with E-state index in [-0.39, 0.29) is 11.0 Å². The maximum Gasteiger partial charge on any atom is 0.416 e. The molecule has 1 aromatic rings. The van der Waals surface area contributed by atoms with Crippen molar-refractivity contribution in [1.82, 2.24) is 5.32 Å². The lowest BCUT2D eigenvalue weighted by Gasteiger charge is -2.44. The maximum atomic E-state index is 12.6. The van der Waals surface area contributed by atoms with E-state index in [9.17, 15) is 13.2 Å². The second kappa shape index (κ2) is 5.64. The van der Waals surface area contributed by atoms with Gasteiger partial charge in [-0.3, -0.25) is 0 Å². The van der Waals surface area contributed by atoms with Crippen molar-refractivity contribution in [2.75, 3.05) is 6.54 Å². The summed E-state index contributed by atoms with van der Waals surface area (Å²) >= 11 is 0. The van der Waals surface area contributed by atoms with Crippen molar-refractivity contribution in [3.63, 3.8) is 0 Å². The van der Waals surface area contributed by atoms with Crippen LogP contribution in [0.3, 0.4) is 0 Å². The minimum Gasteiger partial charge on any atom is -0.312 e. The minimum absolute atomic E-state index is 0.0722. The summed E-state index contributed by atoms with van der Waals surface area (Å²) in [6.45, 7) is 7.34. The summed E-state index contributed by atoms with van der Waals surface area (Å²) in [7, 11) is 0. The molecule has 0 aromatic heterocycles. The third-order valence-electron chi connectivity index (χ3n) is 4.27. The van der Waals surface area contributed by atoms with Gasteiger partial charge in [-0.25, -0.2) is 0 Å². The largest absolute Gasteiger partial charge is 0.416 e. The second-order valence-electron chi connectivity index (χ2n) is 7.33. The van der Waals surface area contributed by atoms with Crippen molar-refractivity contribution in [2.45, 2.75) is 58.2 Å². The standard InChI is InChI=1S/C17H24F3N/c1-15(2,3)21-12-16(9-4-10-16)11-13-5-7-14(8-6-13)17(18,19)20/h5-8,21H,4,9-12H2,1-3H3. The zero-order chi connectivity index (χ0) is 15.7. The highest BCUT2D eigenvalue weighted by Crippen LogP contribution is 2.43. The molecular weight excluding hydrogens is 275 g/mol. The van der Waals surface area contributed by atoms with Crippen LogP contribution in [0.1, 0.15) is 51.2 Å². The maximum absolute atomic E-state index is 12.6. The summed E-state index contributed by atoms with van der Waals surface area (Å²) in [6, 6.07) is 5.64. The Kier molecular flexibility index (Phi) is 4.39. The molecule has 1 N–H and O–H groups in total. The zero-order valence-corrected chi connectivity index (χ0v) is 13.0. The second-order valence-corrected chi connectivity index (χ2v) is 7.33. The molecule has 0 spiro atoms. The Morgan fingerprint density at radius 3 is 2.00 bits per heavy atom. The number of hydrogen-bond donors (Lipinski definition) is 1. The van der Waals surface area contributed by atoms with Gasteiger partial charge >= 0.3 is 6.18 Å². The van der Waals surface area contributed by atoms with Crippen LogP contribution >= 0.6 is 0 Å². The normalized spacial score (nSPS) is 18.4. The molecule has 0 amide bonds. The van der Waals surface area contributed by atoms with Gasteiger partial charge in [0.25, 0.3) is 0 Å². The van der Waals surface area contributed by atoms with Gasteiger partial charge < -0.3 is 5.32 Å². The molecule has 0 saturated heterocycles. The van der Waals surface area contributed by atoms with E-state index >= 15 is 0 Å². The van der Waals surface area contributed by atoms with E-state index in [0.29, 0.717) is 0 Å². The predicted molar refractivity (Wildman–Crippen MR) is 79.2 cm³/mol. The third-order valence-corrected chi connectivity index (χ3v) is 4.27. The van der Waals surface area contributed by atoms with Gasteiger partial charge in [0.05, 0.1) is 5.56 Å². The molecular formula is C17H24F3N. The highest BCUT2D eigenvalue weighted by molar-refractivity contribution is 5.26. The van der Waals surface area contributed by atoms with Crippen molar-refractivity contribution in [2.24, 2.45) is 5.41 Å². The van der Waals surface area contributed by atoms with E-state index in [4.69, 9.17) is 0 Å². The van der Waals surface area contributed by atoms with Crippen LogP contribution in [-0.4, -0.2) is 12.1 Å². The average Bonchev–Trinajstić information content (AvgIpc) is 2.31. The van der Waals surface area contributed by atoms with Crippen LogP contribution in [0.15, 0.2) is 24.3 Å². The summed E-state index contributed by atoms with van der Waals surface area (Å²) in [4.78, 5) is 0. The molecule has 1 aromatic carbocycles. The van der Waals surface area contributed by atoms with Crippen molar-refractivity contribution in [3.05, 3.63) is 35.4 Å². The molecule has 0 heterocycles. The predicted octanol–water partition coefficient (Wildman–Crippen LogP) is 4.81. The Morgan fingerprint density at radius 2 is 1.62 bits per heavy atom. The molecule has 1 nitrogen and oxygen atoms in total. The summed E-state index contributed by atoms with van der Waals surface area (Å²) in [5, 5.41) is 3.54. The van der Waals surface area contributed by atoms with Crippen molar-refractivity contribution in [1.29, 1.82) is 0 Å². The SMILES string of the molecule is CC(C)(C)NCC1(Cc2ccc(C(F)(F)F)cc2)CCC1. The van der Waals surface area contributed by atoms with Crippen LogP contribution in [0.25, 0.3) is 0 Å². The first kappa shape index (κ1) is 16.3. The highest BCUT2D eigenvalue weighted by atomic mass is 19.4. The van der Waals surface area contributed by atoms with Gasteiger partial charge in [0.1, 0.15) is 0 Å². The lowest BCUT2D eigenvalue weighted by molar-refractivity contribution is -0.137. The van der Waals surface area contributed by atoms with Crippen molar-refractivity contribution in [3.8, 4) is 0 Å². The summed E-state index contributed by atoms with van der Waals surface area (Å²) in [5.74, 6) is 0. The molecule has 0 radical (unpaired) electrons. The van der Waals surface area contributed by atoms with E-state index in [2.05, 4.69) is 26.1 Å². The topological polar surface area (TPSA) is 12.0 Å². The molecule has 0 aliphatic heterocycles. The van der Waals surface area contributed by atoms with Gasteiger partial charge in [0, 0.05) is 12.1 Å². The van der Waals surface area contributed by atoms with Crippen LogP contribution in [0.2, 0.25) is 0 Å². The molecule has 21 heavy (non-hydrogen) atoms. The number of halogens is 3. The first-order chi connectivity index (χ1) is 9.60. The molecule has 118 valence electrons. The van der Waals surface area contributed by atoms with Crippen molar-refractivity contribution < 1.29 is 13.2 Å². The van der Waals surface area contributed by atoms with Crippen molar-refractivity contribution >= 4 is 0 Å². The Hall–Kier alpha value is -1.03. The Balaban J connectivity index is 2.02. The molecule has 4 heteroatoms. The number of benzene rings is 1. The minimum atomic E-state index is -4.25. The third kappa shape index (κ3) is 4.47. The smallest absolute Gasteiger partial charge is 0.312 e. The van der Waals surface area contributed by atoms with Gasteiger partial charge in [-0.15, -0.1) is 0 Å². The fraction of sp³-hybridized carbons (Fsp3) is 0.647. The Bertz CT molecular complexity index is 464. The van der Waals surface area contributed by atoms with Crippen LogP contribution in [-0.2, 0) is 12.6 Å². The number of hydrogen-bond acceptors (Lipinski definition) is 1. The van der Waals surface area contributed by atoms with Gasteiger partial charge in [-0.1, -0.05) is 18.6 Å². The van der Waals surface area contributed by atoms with Gasteiger partial charge in [-0.2, -0.15) is 13.2 Å². The van der Waals surface area contributed by atoms with Gasteiger partial charge in [-0.05, 0) is 63.1 Å². The molecule has 0 bridgehead atoms. The van der Waals surface area contributed by atoms with Gasteiger partial charge in [0.2, 0.25) is 0 Å². The van der Waals surface area contributed by atoms with E-state index in [1.807, 2.05) is 0 Å². The fourth-order valence-corrected chi connectivity index (χ4v) is 2.79. The van der Waals surface area contributed by atoms with E-state index in [1.165, 1.54) is 18.6 Å². The molecule has 0 unspecified atom stereocenters. The Labute approximate surface area is 124 Å². The molecule has 1 saturated carbocycles. The monoisotopic (exact) mass is 299 g/mol. The first-order valence-corrected chi connectivity index (χ1v) is 7.51. The van der Waals surface area contributed by atoms with Crippen LogP contribution in [0, 0.1) is 5.41 Å². The zero-order valence-electron chi connectivity index (χ0n) is 13.0. The lowest BCUT2D eigenvalue weighted by atomic mass is 9.65. The number of alkyl halides is 3. The quantitative estimate of drug-likeness (QED) is 0.841. The fourth-order valence-electron chi connectivity index (χ4n) is 2.79. The molecule has 0 atom stereocenters.